The number of nitrogens with zero attached hydrogens (tertiary/aromatic N) is 3. The van der Waals surface area contributed by atoms with Crippen LogP contribution in [0.3, 0.4) is 0 Å². The fourth-order valence-corrected chi connectivity index (χ4v) is 4.22. The van der Waals surface area contributed by atoms with Crippen LogP contribution in [0.5, 0.6) is 17.2 Å². The minimum absolute atomic E-state index is 0.734. The Labute approximate surface area is 174 Å². The molecular formula is C24H33N3O2. The van der Waals surface area contributed by atoms with E-state index in [2.05, 4.69) is 21.7 Å². The molecule has 4 rings (SSSR count). The van der Waals surface area contributed by atoms with Gasteiger partial charge >= 0.3 is 0 Å². The van der Waals surface area contributed by atoms with Crippen LogP contribution < -0.4 is 9.47 Å². The maximum absolute atomic E-state index is 5.96. The van der Waals surface area contributed by atoms with Crippen molar-refractivity contribution in [1.29, 1.82) is 0 Å². The van der Waals surface area contributed by atoms with E-state index in [0.717, 1.165) is 36.4 Å². The van der Waals surface area contributed by atoms with Crippen molar-refractivity contribution in [3.63, 3.8) is 0 Å². The lowest BCUT2D eigenvalue weighted by Gasteiger charge is -2.42. The number of para-hydroxylation sites is 1. The normalized spacial score (nSPS) is 19.9. The molecule has 5 nitrogen and oxygen atoms in total. The van der Waals surface area contributed by atoms with Crippen molar-refractivity contribution in [2.24, 2.45) is 0 Å². The summed E-state index contributed by atoms with van der Waals surface area (Å²) >= 11 is 0. The van der Waals surface area contributed by atoms with Crippen LogP contribution in [0, 0.1) is 0 Å². The van der Waals surface area contributed by atoms with Crippen molar-refractivity contribution in [1.82, 2.24) is 14.7 Å². The van der Waals surface area contributed by atoms with Crippen LogP contribution in [0.15, 0.2) is 54.6 Å². The lowest BCUT2D eigenvalue weighted by molar-refractivity contribution is 0.0638. The minimum atomic E-state index is 0.734. The first-order valence-corrected chi connectivity index (χ1v) is 10.9. The zero-order valence-corrected chi connectivity index (χ0v) is 17.5. The highest BCUT2D eigenvalue weighted by Gasteiger charge is 2.26. The number of ether oxygens (including phenoxy) is 2. The molecule has 0 aliphatic carbocycles. The molecule has 2 saturated heterocycles. The summed E-state index contributed by atoms with van der Waals surface area (Å²) in [6.45, 7) is 8.99. The third-order valence-corrected chi connectivity index (χ3v) is 6.09. The summed E-state index contributed by atoms with van der Waals surface area (Å²) in [7, 11) is 2.23. The van der Waals surface area contributed by atoms with Gasteiger partial charge < -0.3 is 14.4 Å². The van der Waals surface area contributed by atoms with Crippen molar-refractivity contribution >= 4 is 0 Å². The Morgan fingerprint density at radius 1 is 0.759 bits per heavy atom. The van der Waals surface area contributed by atoms with Crippen molar-refractivity contribution in [2.45, 2.75) is 18.9 Å². The average molecular weight is 396 g/mol. The number of benzene rings is 2. The zero-order chi connectivity index (χ0) is 19.9. The highest BCUT2D eigenvalue weighted by Crippen LogP contribution is 2.23. The summed E-state index contributed by atoms with van der Waals surface area (Å²) in [4.78, 5) is 7.68. The third kappa shape index (κ3) is 5.95. The summed E-state index contributed by atoms with van der Waals surface area (Å²) < 4.78 is 11.8. The molecule has 2 fully saturated rings. The number of likely N-dealkylation sites (N-methyl/N-ethyl adjacent to an activating group) is 1. The number of hydrogen-bond donors (Lipinski definition) is 0. The summed E-state index contributed by atoms with van der Waals surface area (Å²) in [5, 5.41) is 0. The van der Waals surface area contributed by atoms with Crippen molar-refractivity contribution in [3.8, 4) is 17.2 Å². The van der Waals surface area contributed by atoms with E-state index in [1.807, 2.05) is 54.6 Å². The SMILES string of the molecule is CN1CCN(C2CCN(CCOc3ccc(Oc4ccccc4)cc3)CC2)CC1. The van der Waals surface area contributed by atoms with E-state index in [1.54, 1.807) is 0 Å². The molecule has 0 saturated carbocycles. The summed E-state index contributed by atoms with van der Waals surface area (Å²) in [6, 6.07) is 18.5. The van der Waals surface area contributed by atoms with Crippen LogP contribution in [-0.2, 0) is 0 Å². The Bertz CT molecular complexity index is 722. The van der Waals surface area contributed by atoms with Crippen LogP contribution in [0.25, 0.3) is 0 Å². The minimum Gasteiger partial charge on any atom is -0.492 e. The van der Waals surface area contributed by atoms with Crippen molar-refractivity contribution < 1.29 is 9.47 Å². The quantitative estimate of drug-likeness (QED) is 0.715. The van der Waals surface area contributed by atoms with Gasteiger partial charge in [-0.3, -0.25) is 9.80 Å². The topological polar surface area (TPSA) is 28.2 Å². The molecule has 0 amide bonds. The van der Waals surface area contributed by atoms with Crippen molar-refractivity contribution in [2.75, 3.05) is 59.5 Å². The van der Waals surface area contributed by atoms with Gasteiger partial charge in [0.1, 0.15) is 23.9 Å². The number of piperazine rings is 1. The Morgan fingerprint density at radius 2 is 1.38 bits per heavy atom. The van der Waals surface area contributed by atoms with Crippen molar-refractivity contribution in [3.05, 3.63) is 54.6 Å². The molecule has 5 heteroatoms. The molecule has 29 heavy (non-hydrogen) atoms. The molecule has 0 spiro atoms. The monoisotopic (exact) mass is 395 g/mol. The second-order valence-corrected chi connectivity index (χ2v) is 8.15. The molecule has 0 atom stereocenters. The van der Waals surface area contributed by atoms with Gasteiger partial charge in [0.15, 0.2) is 0 Å². The fourth-order valence-electron chi connectivity index (χ4n) is 4.22. The smallest absolute Gasteiger partial charge is 0.127 e. The largest absolute Gasteiger partial charge is 0.492 e. The fraction of sp³-hybridized carbons (Fsp3) is 0.500. The number of hydrogen-bond acceptors (Lipinski definition) is 5. The molecule has 0 aromatic heterocycles. The molecule has 0 radical (unpaired) electrons. The average Bonchev–Trinajstić information content (AvgIpc) is 2.77. The van der Waals surface area contributed by atoms with Crippen LogP contribution in [0.2, 0.25) is 0 Å². The van der Waals surface area contributed by atoms with Gasteiger partial charge in [-0.15, -0.1) is 0 Å². The number of likely N-dealkylation sites (tertiary alicyclic amines) is 1. The second kappa shape index (κ2) is 10.1. The van der Waals surface area contributed by atoms with E-state index in [0.29, 0.717) is 0 Å². The Hall–Kier alpha value is -2.08. The lowest BCUT2D eigenvalue weighted by Crippen LogP contribution is -2.52. The summed E-state index contributed by atoms with van der Waals surface area (Å²) in [6.07, 6.45) is 2.57. The van der Waals surface area contributed by atoms with E-state index in [9.17, 15) is 0 Å². The summed E-state index contributed by atoms with van der Waals surface area (Å²) in [5.74, 6) is 2.58. The van der Waals surface area contributed by atoms with Gasteiger partial charge in [0, 0.05) is 38.8 Å². The standard InChI is InChI=1S/C24H33N3O2/c1-25-15-17-27(18-16-25)21-11-13-26(14-12-21)19-20-28-22-7-9-24(10-8-22)29-23-5-3-2-4-6-23/h2-10,21H,11-20H2,1H3. The summed E-state index contributed by atoms with van der Waals surface area (Å²) in [5.41, 5.74) is 0. The lowest BCUT2D eigenvalue weighted by atomic mass is 10.0. The van der Waals surface area contributed by atoms with Crippen LogP contribution >= 0.6 is 0 Å². The zero-order valence-electron chi connectivity index (χ0n) is 17.5. The van der Waals surface area contributed by atoms with Gasteiger partial charge in [0.2, 0.25) is 0 Å². The van der Waals surface area contributed by atoms with E-state index in [4.69, 9.17) is 9.47 Å². The first kappa shape index (κ1) is 20.2. The third-order valence-electron chi connectivity index (χ3n) is 6.09. The highest BCUT2D eigenvalue weighted by molar-refractivity contribution is 5.35. The predicted octanol–water partition coefficient (Wildman–Crippen LogP) is 3.57. The highest BCUT2D eigenvalue weighted by atomic mass is 16.5. The molecule has 2 aliphatic heterocycles. The molecule has 0 bridgehead atoms. The number of piperidine rings is 1. The van der Waals surface area contributed by atoms with E-state index >= 15 is 0 Å². The van der Waals surface area contributed by atoms with Gasteiger partial charge in [-0.25, -0.2) is 0 Å². The first-order valence-electron chi connectivity index (χ1n) is 10.9. The van der Waals surface area contributed by atoms with Gasteiger partial charge in [-0.05, 0) is 69.4 Å². The van der Waals surface area contributed by atoms with E-state index in [1.165, 1.54) is 52.1 Å². The Morgan fingerprint density at radius 3 is 2.07 bits per heavy atom. The Kier molecular flexibility index (Phi) is 7.04. The van der Waals surface area contributed by atoms with Crippen LogP contribution in [0.4, 0.5) is 0 Å². The molecule has 0 N–H and O–H groups in total. The molecule has 2 aliphatic rings. The van der Waals surface area contributed by atoms with Gasteiger partial charge in [0.25, 0.3) is 0 Å². The number of rotatable bonds is 7. The first-order chi connectivity index (χ1) is 14.3. The maximum Gasteiger partial charge on any atom is 0.127 e. The molecule has 2 aromatic carbocycles. The molecular weight excluding hydrogens is 362 g/mol. The molecule has 2 heterocycles. The molecule has 0 unspecified atom stereocenters. The predicted molar refractivity (Wildman–Crippen MR) is 117 cm³/mol. The van der Waals surface area contributed by atoms with Gasteiger partial charge in [-0.2, -0.15) is 0 Å². The van der Waals surface area contributed by atoms with E-state index in [-0.39, 0.29) is 0 Å². The van der Waals surface area contributed by atoms with Crippen LogP contribution in [0.1, 0.15) is 12.8 Å². The Balaban J connectivity index is 1.14. The van der Waals surface area contributed by atoms with Crippen LogP contribution in [-0.4, -0.2) is 80.2 Å². The molecule has 2 aromatic rings. The van der Waals surface area contributed by atoms with E-state index < -0.39 is 0 Å². The van der Waals surface area contributed by atoms with Gasteiger partial charge in [0.05, 0.1) is 0 Å². The maximum atomic E-state index is 5.96. The van der Waals surface area contributed by atoms with Gasteiger partial charge in [-0.1, -0.05) is 18.2 Å². The molecule has 156 valence electrons. The second-order valence-electron chi connectivity index (χ2n) is 8.15.